The van der Waals surface area contributed by atoms with Crippen LogP contribution in [0.5, 0.6) is 17.2 Å². The number of nitrogens with zero attached hydrogens (tertiary/aromatic N) is 2. The number of anilines is 1. The van der Waals surface area contributed by atoms with Gasteiger partial charge in [-0.15, -0.1) is 0 Å². The fourth-order valence-corrected chi connectivity index (χ4v) is 4.23. The van der Waals surface area contributed by atoms with Crippen molar-refractivity contribution in [3.63, 3.8) is 0 Å². The molecule has 1 amide bonds. The zero-order chi connectivity index (χ0) is 23.0. The van der Waals surface area contributed by atoms with Gasteiger partial charge in [-0.2, -0.15) is 0 Å². The van der Waals surface area contributed by atoms with E-state index in [0.29, 0.717) is 18.7 Å². The van der Waals surface area contributed by atoms with Crippen molar-refractivity contribution in [3.8, 4) is 17.2 Å². The highest BCUT2D eigenvalue weighted by Gasteiger charge is 2.19. The largest absolute Gasteiger partial charge is 0.497 e. The van der Waals surface area contributed by atoms with E-state index in [-0.39, 0.29) is 5.91 Å². The summed E-state index contributed by atoms with van der Waals surface area (Å²) < 4.78 is 16.3. The van der Waals surface area contributed by atoms with Gasteiger partial charge < -0.3 is 24.4 Å². The third-order valence-corrected chi connectivity index (χ3v) is 6.20. The molecule has 4 rings (SSSR count). The van der Waals surface area contributed by atoms with E-state index in [1.54, 1.807) is 14.2 Å². The van der Waals surface area contributed by atoms with Crippen LogP contribution in [-0.2, 0) is 4.79 Å². The maximum atomic E-state index is 12.5. The first-order valence-electron chi connectivity index (χ1n) is 11.6. The van der Waals surface area contributed by atoms with Crippen molar-refractivity contribution in [2.75, 3.05) is 65.0 Å². The lowest BCUT2D eigenvalue weighted by molar-refractivity contribution is -0.117. The fourth-order valence-electron chi connectivity index (χ4n) is 4.23. The van der Waals surface area contributed by atoms with E-state index in [2.05, 4.69) is 27.2 Å². The monoisotopic (exact) mass is 451 g/mol. The zero-order valence-electron chi connectivity index (χ0n) is 19.5. The Balaban J connectivity index is 1.15. The number of carbonyl (C=O) groups excluding carboxylic acids is 1. The van der Waals surface area contributed by atoms with Crippen molar-refractivity contribution in [1.29, 1.82) is 0 Å². The molecule has 0 saturated carbocycles. The summed E-state index contributed by atoms with van der Waals surface area (Å²) in [5.74, 6) is 2.37. The van der Waals surface area contributed by atoms with Crippen molar-refractivity contribution in [3.05, 3.63) is 53.6 Å². The van der Waals surface area contributed by atoms with E-state index >= 15 is 0 Å². The summed E-state index contributed by atoms with van der Waals surface area (Å²) in [6.45, 7) is 6.16. The molecule has 0 atom stereocenters. The Morgan fingerprint density at radius 2 is 1.79 bits per heavy atom. The summed E-state index contributed by atoms with van der Waals surface area (Å²) in [6.07, 6.45) is 3.91. The van der Waals surface area contributed by atoms with Crippen molar-refractivity contribution in [2.45, 2.75) is 12.8 Å². The van der Waals surface area contributed by atoms with Gasteiger partial charge >= 0.3 is 0 Å². The molecule has 7 nitrogen and oxygen atoms in total. The Morgan fingerprint density at radius 1 is 1.00 bits per heavy atom. The number of fused-ring (bicyclic) bond motifs is 1. The molecule has 0 aliphatic carbocycles. The second-order valence-corrected chi connectivity index (χ2v) is 8.36. The Hall–Kier alpha value is -3.19. The van der Waals surface area contributed by atoms with Gasteiger partial charge in [0, 0.05) is 50.0 Å². The number of piperazine rings is 1. The quantitative estimate of drug-likeness (QED) is 0.591. The predicted molar refractivity (Wildman–Crippen MR) is 130 cm³/mol. The number of amides is 1. The lowest BCUT2D eigenvalue weighted by Crippen LogP contribution is -2.46. The van der Waals surface area contributed by atoms with Crippen molar-refractivity contribution < 1.29 is 19.0 Å². The molecule has 2 heterocycles. The van der Waals surface area contributed by atoms with E-state index < -0.39 is 0 Å². The van der Waals surface area contributed by atoms with Gasteiger partial charge in [0.05, 0.1) is 19.8 Å². The van der Waals surface area contributed by atoms with Gasteiger partial charge in [-0.1, -0.05) is 6.07 Å². The molecule has 1 N–H and O–H groups in total. The molecule has 2 aliphatic rings. The Labute approximate surface area is 195 Å². The normalized spacial score (nSPS) is 15.8. The molecule has 0 unspecified atom stereocenters. The number of nitrogens with one attached hydrogen (secondary N) is 1. The lowest BCUT2D eigenvalue weighted by Gasteiger charge is -2.36. The van der Waals surface area contributed by atoms with Crippen LogP contribution in [0, 0.1) is 0 Å². The summed E-state index contributed by atoms with van der Waals surface area (Å²) >= 11 is 0. The summed E-state index contributed by atoms with van der Waals surface area (Å²) in [6, 6.07) is 13.9. The number of ether oxygens (including phenoxy) is 3. The average Bonchev–Trinajstić information content (AvgIpc) is 2.88. The van der Waals surface area contributed by atoms with Crippen LogP contribution in [0.1, 0.15) is 18.4 Å². The number of hydrogen-bond acceptors (Lipinski definition) is 6. The van der Waals surface area contributed by atoms with Crippen molar-refractivity contribution in [2.24, 2.45) is 0 Å². The molecular weight excluding hydrogens is 418 g/mol. The van der Waals surface area contributed by atoms with Crippen LogP contribution in [0.4, 0.5) is 5.69 Å². The van der Waals surface area contributed by atoms with Gasteiger partial charge in [0.2, 0.25) is 0 Å². The molecule has 1 saturated heterocycles. The van der Waals surface area contributed by atoms with Crippen LogP contribution < -0.4 is 24.4 Å². The second-order valence-electron chi connectivity index (χ2n) is 8.36. The second kappa shape index (κ2) is 11.1. The Kier molecular flexibility index (Phi) is 7.73. The molecule has 0 spiro atoms. The molecule has 2 aromatic carbocycles. The number of hydrogen-bond donors (Lipinski definition) is 1. The van der Waals surface area contributed by atoms with Crippen LogP contribution in [0.3, 0.4) is 0 Å². The molecule has 0 radical (unpaired) electrons. The van der Waals surface area contributed by atoms with Crippen LogP contribution in [0.2, 0.25) is 0 Å². The van der Waals surface area contributed by atoms with E-state index in [0.717, 1.165) is 68.4 Å². The van der Waals surface area contributed by atoms with Crippen LogP contribution in [-0.4, -0.2) is 70.9 Å². The molecule has 33 heavy (non-hydrogen) atoms. The minimum Gasteiger partial charge on any atom is -0.497 e. The maximum Gasteiger partial charge on any atom is 0.250 e. The highest BCUT2D eigenvalue weighted by molar-refractivity contribution is 5.99. The molecule has 2 aliphatic heterocycles. The maximum absolute atomic E-state index is 12.5. The molecule has 0 aromatic heterocycles. The molecule has 0 bridgehead atoms. The van der Waals surface area contributed by atoms with Gasteiger partial charge in [0.15, 0.2) is 0 Å². The lowest BCUT2D eigenvalue weighted by atomic mass is 10.1. The topological polar surface area (TPSA) is 63.3 Å². The van der Waals surface area contributed by atoms with Crippen molar-refractivity contribution >= 4 is 17.7 Å². The molecule has 176 valence electrons. The van der Waals surface area contributed by atoms with Crippen molar-refractivity contribution in [1.82, 2.24) is 10.2 Å². The minimum atomic E-state index is -0.0598. The number of rotatable bonds is 9. The summed E-state index contributed by atoms with van der Waals surface area (Å²) in [5.41, 5.74) is 2.74. The fraction of sp³-hybridized carbons (Fsp3) is 0.423. The van der Waals surface area contributed by atoms with Gasteiger partial charge in [-0.3, -0.25) is 9.69 Å². The molecule has 7 heteroatoms. The standard InChI is InChI=1S/C26H33N3O4/c1-31-23-7-5-6-22(18-23)29-14-12-28(13-15-29)11-4-3-10-27-26(30)21-16-20-17-24(32-2)8-9-25(20)33-19-21/h5-9,16-18H,3-4,10-15,19H2,1-2H3,(H,27,30). The summed E-state index contributed by atoms with van der Waals surface area (Å²) in [4.78, 5) is 17.4. The number of benzene rings is 2. The van der Waals surface area contributed by atoms with Crippen LogP contribution >= 0.6 is 0 Å². The van der Waals surface area contributed by atoms with E-state index in [1.807, 2.05) is 36.4 Å². The molecule has 2 aromatic rings. The third-order valence-electron chi connectivity index (χ3n) is 6.20. The van der Waals surface area contributed by atoms with E-state index in [9.17, 15) is 4.79 Å². The minimum absolute atomic E-state index is 0.0598. The predicted octanol–water partition coefficient (Wildman–Crippen LogP) is 3.20. The van der Waals surface area contributed by atoms with E-state index in [1.165, 1.54) is 5.69 Å². The first-order chi connectivity index (χ1) is 16.2. The Morgan fingerprint density at radius 3 is 2.58 bits per heavy atom. The highest BCUT2D eigenvalue weighted by atomic mass is 16.5. The first kappa shape index (κ1) is 23.0. The number of unbranched alkanes of at least 4 members (excludes halogenated alkanes) is 1. The molecule has 1 fully saturated rings. The third kappa shape index (κ3) is 5.99. The Bertz CT molecular complexity index is 983. The number of methoxy groups -OCH3 is 2. The highest BCUT2D eigenvalue weighted by Crippen LogP contribution is 2.30. The smallest absolute Gasteiger partial charge is 0.250 e. The zero-order valence-corrected chi connectivity index (χ0v) is 19.5. The SMILES string of the molecule is COc1cccc(N2CCN(CCCCNC(=O)C3=Cc4cc(OC)ccc4OC3)CC2)c1. The van der Waals surface area contributed by atoms with Crippen LogP contribution in [0.15, 0.2) is 48.0 Å². The van der Waals surface area contributed by atoms with Gasteiger partial charge in [-0.25, -0.2) is 0 Å². The van der Waals surface area contributed by atoms with Gasteiger partial charge in [0.1, 0.15) is 23.9 Å². The van der Waals surface area contributed by atoms with E-state index in [4.69, 9.17) is 14.2 Å². The first-order valence-corrected chi connectivity index (χ1v) is 11.6. The average molecular weight is 452 g/mol. The summed E-state index contributed by atoms with van der Waals surface area (Å²) in [7, 11) is 3.33. The van der Waals surface area contributed by atoms with Crippen LogP contribution in [0.25, 0.3) is 6.08 Å². The number of carbonyl (C=O) groups is 1. The van der Waals surface area contributed by atoms with Gasteiger partial charge in [0.25, 0.3) is 5.91 Å². The summed E-state index contributed by atoms with van der Waals surface area (Å²) in [5, 5.41) is 3.03. The molecular formula is C26H33N3O4. The van der Waals surface area contributed by atoms with Gasteiger partial charge in [-0.05, 0) is 55.8 Å².